The van der Waals surface area contributed by atoms with Crippen molar-refractivity contribution in [1.29, 1.82) is 0 Å². The lowest BCUT2D eigenvalue weighted by atomic mass is 9.99. The number of carbonyl (C=O) groups is 1. The molecule has 0 amide bonds. The van der Waals surface area contributed by atoms with E-state index in [-0.39, 0.29) is 5.78 Å². The van der Waals surface area contributed by atoms with E-state index in [0.29, 0.717) is 16.1 Å². The van der Waals surface area contributed by atoms with Crippen LogP contribution in [0.4, 0.5) is 11.4 Å². The molecule has 3 aromatic carbocycles. The lowest BCUT2D eigenvalue weighted by molar-refractivity contribution is 0.103. The second-order valence-electron chi connectivity index (χ2n) is 7.54. The number of aliphatic hydroxyl groups is 1. The Balaban J connectivity index is 1.86. The van der Waals surface area contributed by atoms with Crippen LogP contribution in [0.2, 0.25) is 5.02 Å². The van der Waals surface area contributed by atoms with Gasteiger partial charge in [-0.2, -0.15) is 0 Å². The topological polar surface area (TPSA) is 49.3 Å². The van der Waals surface area contributed by atoms with Crippen LogP contribution < -0.4 is 5.32 Å². The van der Waals surface area contributed by atoms with Crippen molar-refractivity contribution in [3.8, 4) is 0 Å². The van der Waals surface area contributed by atoms with Gasteiger partial charge in [-0.25, -0.2) is 0 Å². The maximum absolute atomic E-state index is 12.9. The monoisotopic (exact) mass is 405 g/mol. The van der Waals surface area contributed by atoms with Gasteiger partial charge in [0.15, 0.2) is 5.78 Å². The molecule has 0 bridgehead atoms. The molecule has 0 aliphatic heterocycles. The van der Waals surface area contributed by atoms with E-state index >= 15 is 0 Å². The summed E-state index contributed by atoms with van der Waals surface area (Å²) in [5.74, 6) is -0.0897. The fraction of sp³-hybridized carbons (Fsp3) is 0.160. The second-order valence-corrected chi connectivity index (χ2v) is 7.95. The Bertz CT molecular complexity index is 1060. The summed E-state index contributed by atoms with van der Waals surface area (Å²) in [6, 6.07) is 20.6. The first kappa shape index (κ1) is 20.8. The van der Waals surface area contributed by atoms with E-state index in [0.717, 1.165) is 22.5 Å². The zero-order valence-electron chi connectivity index (χ0n) is 16.7. The fourth-order valence-electron chi connectivity index (χ4n) is 2.96. The number of anilines is 2. The normalized spacial score (nSPS) is 11.6. The lowest BCUT2D eigenvalue weighted by Gasteiger charge is -2.14. The highest BCUT2D eigenvalue weighted by Crippen LogP contribution is 2.28. The average Bonchev–Trinajstić information content (AvgIpc) is 2.67. The molecule has 0 spiro atoms. The van der Waals surface area contributed by atoms with Crippen LogP contribution in [-0.4, -0.2) is 16.5 Å². The Labute approximate surface area is 176 Å². The third-order valence-corrected chi connectivity index (χ3v) is 4.83. The highest BCUT2D eigenvalue weighted by Gasteiger charge is 2.15. The maximum atomic E-state index is 12.9. The van der Waals surface area contributed by atoms with Gasteiger partial charge in [-0.3, -0.25) is 4.79 Å². The van der Waals surface area contributed by atoms with E-state index in [1.54, 1.807) is 32.1 Å². The van der Waals surface area contributed by atoms with Crippen molar-refractivity contribution in [2.75, 3.05) is 5.32 Å². The first-order chi connectivity index (χ1) is 13.7. The first-order valence-electron chi connectivity index (χ1n) is 9.42. The Morgan fingerprint density at radius 3 is 2.38 bits per heavy atom. The number of nitrogens with one attached hydrogen (secondary N) is 1. The van der Waals surface area contributed by atoms with E-state index in [1.165, 1.54) is 0 Å². The largest absolute Gasteiger partial charge is 0.386 e. The SMILES string of the molecule is Cc1ccccc1C(=O)c1ccc(Nc2ccccc2C=CC(C)(C)O)cc1Cl. The van der Waals surface area contributed by atoms with E-state index in [4.69, 9.17) is 11.6 Å². The molecule has 3 nitrogen and oxygen atoms in total. The number of hydrogen-bond acceptors (Lipinski definition) is 3. The molecule has 0 unspecified atom stereocenters. The molecular weight excluding hydrogens is 382 g/mol. The Morgan fingerprint density at radius 2 is 1.69 bits per heavy atom. The number of benzene rings is 3. The third kappa shape index (κ3) is 5.35. The van der Waals surface area contributed by atoms with Crippen molar-refractivity contribution >= 4 is 34.8 Å². The summed E-state index contributed by atoms with van der Waals surface area (Å²) in [6.45, 7) is 5.36. The molecular formula is C25H24ClNO2. The smallest absolute Gasteiger partial charge is 0.194 e. The van der Waals surface area contributed by atoms with Gasteiger partial charge in [0, 0.05) is 22.5 Å². The van der Waals surface area contributed by atoms with Crippen LogP contribution in [-0.2, 0) is 0 Å². The quantitative estimate of drug-likeness (QED) is 0.466. The number of ketones is 1. The van der Waals surface area contributed by atoms with Crippen molar-refractivity contribution in [2.24, 2.45) is 0 Å². The molecule has 0 atom stereocenters. The van der Waals surface area contributed by atoms with Gasteiger partial charge in [0.1, 0.15) is 0 Å². The van der Waals surface area contributed by atoms with Gasteiger partial charge in [0.2, 0.25) is 0 Å². The molecule has 0 aliphatic carbocycles. The molecule has 3 aromatic rings. The van der Waals surface area contributed by atoms with Crippen LogP contribution >= 0.6 is 11.6 Å². The van der Waals surface area contributed by atoms with Crippen LogP contribution in [0.25, 0.3) is 6.08 Å². The molecule has 3 rings (SSSR count). The van der Waals surface area contributed by atoms with E-state index in [2.05, 4.69) is 5.32 Å². The number of rotatable bonds is 6. The summed E-state index contributed by atoms with van der Waals surface area (Å²) >= 11 is 6.45. The Morgan fingerprint density at radius 1 is 1.00 bits per heavy atom. The van der Waals surface area contributed by atoms with Gasteiger partial charge >= 0.3 is 0 Å². The van der Waals surface area contributed by atoms with E-state index in [1.807, 2.05) is 67.6 Å². The summed E-state index contributed by atoms with van der Waals surface area (Å²) in [5, 5.41) is 13.7. The number of halogens is 1. The van der Waals surface area contributed by atoms with Gasteiger partial charge < -0.3 is 10.4 Å². The minimum Gasteiger partial charge on any atom is -0.386 e. The van der Waals surface area contributed by atoms with E-state index < -0.39 is 5.60 Å². The van der Waals surface area contributed by atoms with Gasteiger partial charge in [0.05, 0.1) is 10.6 Å². The van der Waals surface area contributed by atoms with Crippen molar-refractivity contribution in [3.05, 3.63) is 100 Å². The van der Waals surface area contributed by atoms with E-state index in [9.17, 15) is 9.90 Å². The number of para-hydroxylation sites is 1. The molecule has 0 saturated heterocycles. The number of aryl methyl sites for hydroxylation is 1. The zero-order chi connectivity index (χ0) is 21.0. The van der Waals surface area contributed by atoms with Crippen molar-refractivity contribution in [1.82, 2.24) is 0 Å². The van der Waals surface area contributed by atoms with Gasteiger partial charge in [0.25, 0.3) is 0 Å². The van der Waals surface area contributed by atoms with Crippen molar-refractivity contribution in [3.63, 3.8) is 0 Å². The van der Waals surface area contributed by atoms with Crippen molar-refractivity contribution in [2.45, 2.75) is 26.4 Å². The Hall–Kier alpha value is -2.88. The highest BCUT2D eigenvalue weighted by molar-refractivity contribution is 6.35. The van der Waals surface area contributed by atoms with Crippen LogP contribution in [0.15, 0.2) is 72.8 Å². The Kier molecular flexibility index (Phi) is 6.21. The van der Waals surface area contributed by atoms with Crippen molar-refractivity contribution < 1.29 is 9.90 Å². The molecule has 0 saturated carbocycles. The van der Waals surface area contributed by atoms with Crippen LogP contribution in [0.1, 0.15) is 40.9 Å². The maximum Gasteiger partial charge on any atom is 0.194 e. The number of hydrogen-bond donors (Lipinski definition) is 2. The molecule has 0 heterocycles. The van der Waals surface area contributed by atoms with Gasteiger partial charge in [-0.05, 0) is 56.2 Å². The molecule has 4 heteroatoms. The predicted octanol–water partition coefficient (Wildman–Crippen LogP) is 6.41. The van der Waals surface area contributed by atoms with Gasteiger partial charge in [-0.1, -0.05) is 66.2 Å². The highest BCUT2D eigenvalue weighted by atomic mass is 35.5. The van der Waals surface area contributed by atoms with Crippen LogP contribution in [0, 0.1) is 6.92 Å². The molecule has 0 aliphatic rings. The molecule has 0 fully saturated rings. The second kappa shape index (κ2) is 8.64. The minimum absolute atomic E-state index is 0.0897. The minimum atomic E-state index is -0.895. The molecule has 0 radical (unpaired) electrons. The standard InChI is InChI=1S/C25H24ClNO2/c1-17-8-4-6-10-20(17)24(28)21-13-12-19(16-22(21)26)27-23-11-7-5-9-18(23)14-15-25(2,3)29/h4-16,27,29H,1-3H3. The molecule has 29 heavy (non-hydrogen) atoms. The third-order valence-electron chi connectivity index (χ3n) is 4.51. The van der Waals surface area contributed by atoms with Crippen LogP contribution in [0.3, 0.4) is 0 Å². The number of carbonyl (C=O) groups excluding carboxylic acids is 1. The molecule has 148 valence electrons. The first-order valence-corrected chi connectivity index (χ1v) is 9.80. The average molecular weight is 406 g/mol. The fourth-order valence-corrected chi connectivity index (χ4v) is 3.22. The summed E-state index contributed by atoms with van der Waals surface area (Å²) in [6.07, 6.45) is 3.62. The van der Waals surface area contributed by atoms with Gasteiger partial charge in [-0.15, -0.1) is 0 Å². The molecule has 0 aromatic heterocycles. The summed E-state index contributed by atoms with van der Waals surface area (Å²) < 4.78 is 0. The predicted molar refractivity (Wildman–Crippen MR) is 121 cm³/mol. The summed E-state index contributed by atoms with van der Waals surface area (Å²) in [4.78, 5) is 12.9. The summed E-state index contributed by atoms with van der Waals surface area (Å²) in [5.41, 5.74) is 3.74. The molecule has 2 N–H and O–H groups in total. The summed E-state index contributed by atoms with van der Waals surface area (Å²) in [7, 11) is 0. The van der Waals surface area contributed by atoms with Crippen LogP contribution in [0.5, 0.6) is 0 Å². The zero-order valence-corrected chi connectivity index (χ0v) is 17.5. The lowest BCUT2D eigenvalue weighted by Crippen LogP contribution is -2.13.